The lowest BCUT2D eigenvalue weighted by Gasteiger charge is -2.01. The Balaban J connectivity index is 2.69. The number of hydrogen-bond acceptors (Lipinski definition) is 4. The van der Waals surface area contributed by atoms with Crippen molar-refractivity contribution in [2.45, 2.75) is 4.90 Å². The van der Waals surface area contributed by atoms with E-state index in [0.29, 0.717) is 5.75 Å². The van der Waals surface area contributed by atoms with Gasteiger partial charge in [-0.2, -0.15) is 0 Å². The van der Waals surface area contributed by atoms with Crippen LogP contribution < -0.4 is 0 Å². The maximum absolute atomic E-state index is 9.07. The number of thioether (sulfide) groups is 1. The van der Waals surface area contributed by atoms with Crippen molar-refractivity contribution in [2.75, 3.05) is 12.4 Å². The SMILES string of the molecule is OCCSc1ccc(O)c(O)c1. The van der Waals surface area contributed by atoms with E-state index >= 15 is 0 Å². The molecule has 0 aliphatic heterocycles. The van der Waals surface area contributed by atoms with Crippen LogP contribution in [-0.2, 0) is 0 Å². The standard InChI is InChI=1S/C8H10O3S/c9-3-4-12-6-1-2-7(10)8(11)5-6/h1-2,5,9-11H,3-4H2. The number of rotatable bonds is 3. The molecule has 0 saturated heterocycles. The molecule has 0 aromatic heterocycles. The summed E-state index contributed by atoms with van der Waals surface area (Å²) in [6.45, 7) is 0.103. The van der Waals surface area contributed by atoms with Gasteiger partial charge >= 0.3 is 0 Å². The highest BCUT2D eigenvalue weighted by molar-refractivity contribution is 7.99. The monoisotopic (exact) mass is 186 g/mol. The molecule has 0 spiro atoms. The summed E-state index contributed by atoms with van der Waals surface area (Å²) >= 11 is 1.42. The van der Waals surface area contributed by atoms with Crippen LogP contribution >= 0.6 is 11.8 Å². The van der Waals surface area contributed by atoms with Crippen LogP contribution in [0.25, 0.3) is 0 Å². The van der Waals surface area contributed by atoms with Crippen molar-refractivity contribution in [3.05, 3.63) is 18.2 Å². The van der Waals surface area contributed by atoms with Gasteiger partial charge in [-0.05, 0) is 18.2 Å². The summed E-state index contributed by atoms with van der Waals surface area (Å²) in [4.78, 5) is 0.833. The first-order valence-electron chi connectivity index (χ1n) is 3.49. The zero-order chi connectivity index (χ0) is 8.97. The van der Waals surface area contributed by atoms with Crippen molar-refractivity contribution in [3.63, 3.8) is 0 Å². The van der Waals surface area contributed by atoms with E-state index in [1.165, 1.54) is 23.9 Å². The van der Waals surface area contributed by atoms with Gasteiger partial charge in [0.25, 0.3) is 0 Å². The first-order valence-corrected chi connectivity index (χ1v) is 4.48. The van der Waals surface area contributed by atoms with Crippen molar-refractivity contribution in [2.24, 2.45) is 0 Å². The number of phenolic OH excluding ortho intramolecular Hbond substituents is 2. The Morgan fingerprint density at radius 2 is 1.92 bits per heavy atom. The highest BCUT2D eigenvalue weighted by Gasteiger charge is 1.99. The Kier molecular flexibility index (Phi) is 3.25. The number of benzene rings is 1. The van der Waals surface area contributed by atoms with Crippen molar-refractivity contribution < 1.29 is 15.3 Å². The zero-order valence-corrected chi connectivity index (χ0v) is 7.21. The summed E-state index contributed by atoms with van der Waals surface area (Å²) in [7, 11) is 0. The van der Waals surface area contributed by atoms with E-state index in [1.807, 2.05) is 0 Å². The number of aliphatic hydroxyl groups excluding tert-OH is 1. The summed E-state index contributed by atoms with van der Waals surface area (Å²) < 4.78 is 0. The first-order chi connectivity index (χ1) is 5.74. The molecule has 0 amide bonds. The molecular formula is C8H10O3S. The molecule has 3 N–H and O–H groups in total. The second-order valence-electron chi connectivity index (χ2n) is 2.22. The highest BCUT2D eigenvalue weighted by atomic mass is 32.2. The van der Waals surface area contributed by atoms with Crippen molar-refractivity contribution in [1.29, 1.82) is 0 Å². The third-order valence-electron chi connectivity index (χ3n) is 1.31. The number of aromatic hydroxyl groups is 2. The molecule has 66 valence electrons. The molecule has 4 heteroatoms. The molecule has 1 aromatic carbocycles. The van der Waals surface area contributed by atoms with Gasteiger partial charge in [-0.3, -0.25) is 0 Å². The van der Waals surface area contributed by atoms with E-state index in [0.717, 1.165) is 4.90 Å². The molecule has 3 nitrogen and oxygen atoms in total. The van der Waals surface area contributed by atoms with Crippen LogP contribution in [0, 0.1) is 0 Å². The lowest BCUT2D eigenvalue weighted by Crippen LogP contribution is -1.84. The molecule has 0 saturated carbocycles. The Bertz CT molecular complexity index is 262. The molecule has 0 fully saturated rings. The normalized spacial score (nSPS) is 10.1. The molecule has 0 aliphatic carbocycles. The smallest absolute Gasteiger partial charge is 0.158 e. The molecule has 0 atom stereocenters. The molecule has 0 radical (unpaired) electrons. The van der Waals surface area contributed by atoms with Gasteiger partial charge in [0.05, 0.1) is 6.61 Å². The van der Waals surface area contributed by atoms with Gasteiger partial charge in [0.1, 0.15) is 0 Å². The minimum absolute atomic E-state index is 0.103. The molecule has 0 bridgehead atoms. The maximum atomic E-state index is 9.07. The average molecular weight is 186 g/mol. The highest BCUT2D eigenvalue weighted by Crippen LogP contribution is 2.29. The molecule has 0 aliphatic rings. The van der Waals surface area contributed by atoms with E-state index in [-0.39, 0.29) is 18.1 Å². The predicted molar refractivity (Wildman–Crippen MR) is 47.6 cm³/mol. The van der Waals surface area contributed by atoms with E-state index in [1.54, 1.807) is 6.07 Å². The van der Waals surface area contributed by atoms with Crippen molar-refractivity contribution >= 4 is 11.8 Å². The van der Waals surface area contributed by atoms with Crippen molar-refractivity contribution in [3.8, 4) is 11.5 Å². The number of phenols is 2. The third kappa shape index (κ3) is 2.32. The molecule has 12 heavy (non-hydrogen) atoms. The maximum Gasteiger partial charge on any atom is 0.158 e. The Hall–Kier alpha value is -0.870. The second kappa shape index (κ2) is 4.23. The van der Waals surface area contributed by atoms with Gasteiger partial charge in [-0.15, -0.1) is 11.8 Å². The molecule has 1 rings (SSSR count). The molecule has 0 heterocycles. The fourth-order valence-electron chi connectivity index (χ4n) is 0.757. The van der Waals surface area contributed by atoms with Crippen LogP contribution in [0.15, 0.2) is 23.1 Å². The molecule has 1 aromatic rings. The number of aliphatic hydroxyl groups is 1. The summed E-state index contributed by atoms with van der Waals surface area (Å²) in [6, 6.07) is 4.58. The van der Waals surface area contributed by atoms with Gasteiger partial charge in [0.15, 0.2) is 11.5 Å². The van der Waals surface area contributed by atoms with Gasteiger partial charge in [-0.25, -0.2) is 0 Å². The van der Waals surface area contributed by atoms with E-state index in [2.05, 4.69) is 0 Å². The van der Waals surface area contributed by atoms with Crippen LogP contribution in [-0.4, -0.2) is 27.7 Å². The first kappa shape index (κ1) is 9.22. The Labute approximate surface area is 74.7 Å². The minimum atomic E-state index is -0.127. The largest absolute Gasteiger partial charge is 0.504 e. The lowest BCUT2D eigenvalue weighted by atomic mass is 10.3. The predicted octanol–water partition coefficient (Wildman–Crippen LogP) is 1.18. The minimum Gasteiger partial charge on any atom is -0.504 e. The van der Waals surface area contributed by atoms with Crippen LogP contribution in [0.4, 0.5) is 0 Å². The Morgan fingerprint density at radius 3 is 2.50 bits per heavy atom. The van der Waals surface area contributed by atoms with Crippen LogP contribution in [0.2, 0.25) is 0 Å². The van der Waals surface area contributed by atoms with Gasteiger partial charge < -0.3 is 15.3 Å². The van der Waals surface area contributed by atoms with Crippen LogP contribution in [0.1, 0.15) is 0 Å². The van der Waals surface area contributed by atoms with E-state index in [9.17, 15) is 0 Å². The zero-order valence-electron chi connectivity index (χ0n) is 6.40. The molecular weight excluding hydrogens is 176 g/mol. The quantitative estimate of drug-likeness (QED) is 0.490. The van der Waals surface area contributed by atoms with Crippen LogP contribution in [0.5, 0.6) is 11.5 Å². The third-order valence-corrected chi connectivity index (χ3v) is 2.28. The van der Waals surface area contributed by atoms with Gasteiger partial charge in [-0.1, -0.05) is 0 Å². The second-order valence-corrected chi connectivity index (χ2v) is 3.39. The van der Waals surface area contributed by atoms with Gasteiger partial charge in [0, 0.05) is 10.6 Å². The van der Waals surface area contributed by atoms with Gasteiger partial charge in [0.2, 0.25) is 0 Å². The summed E-state index contributed by atoms with van der Waals surface area (Å²) in [5, 5.41) is 26.6. The lowest BCUT2D eigenvalue weighted by molar-refractivity contribution is 0.322. The summed E-state index contributed by atoms with van der Waals surface area (Å²) in [5.74, 6) is 0.339. The Morgan fingerprint density at radius 1 is 1.17 bits per heavy atom. The topological polar surface area (TPSA) is 60.7 Å². The fraction of sp³-hybridized carbons (Fsp3) is 0.250. The van der Waals surface area contributed by atoms with Crippen molar-refractivity contribution in [1.82, 2.24) is 0 Å². The fourth-order valence-corrected chi connectivity index (χ4v) is 1.44. The summed E-state index contributed by atoms with van der Waals surface area (Å²) in [6.07, 6.45) is 0. The van der Waals surface area contributed by atoms with Crippen LogP contribution in [0.3, 0.4) is 0 Å². The number of hydrogen-bond donors (Lipinski definition) is 3. The summed E-state index contributed by atoms with van der Waals surface area (Å²) in [5.41, 5.74) is 0. The molecule has 0 unspecified atom stereocenters. The average Bonchev–Trinajstić information content (AvgIpc) is 2.07. The van der Waals surface area contributed by atoms with E-state index < -0.39 is 0 Å². The van der Waals surface area contributed by atoms with E-state index in [4.69, 9.17) is 15.3 Å².